The lowest BCUT2D eigenvalue weighted by Gasteiger charge is -2.02. The van der Waals surface area contributed by atoms with E-state index in [-0.39, 0.29) is 11.8 Å². The second kappa shape index (κ2) is 16.8. The summed E-state index contributed by atoms with van der Waals surface area (Å²) in [7, 11) is 0. The molecule has 4 heteroatoms. The van der Waals surface area contributed by atoms with Gasteiger partial charge in [-0.3, -0.25) is 9.59 Å². The molecule has 3 N–H and O–H groups in total. The monoisotopic (exact) mass is 341 g/mol. The number of aliphatic carboxylic acids is 1. The van der Waals surface area contributed by atoms with Gasteiger partial charge in [0.1, 0.15) is 0 Å². The Balaban J connectivity index is 0.000000728. The molecule has 1 aliphatic rings. The molecule has 0 heterocycles. The minimum absolute atomic E-state index is 0.0185. The van der Waals surface area contributed by atoms with Gasteiger partial charge in [0.2, 0.25) is 5.91 Å². The lowest BCUT2D eigenvalue weighted by atomic mass is 10.0. The van der Waals surface area contributed by atoms with Crippen LogP contribution in [0.3, 0.4) is 0 Å². The molecule has 0 spiro atoms. The first-order valence-electron chi connectivity index (χ1n) is 10.1. The topological polar surface area (TPSA) is 80.4 Å². The van der Waals surface area contributed by atoms with Gasteiger partial charge in [0.05, 0.1) is 5.92 Å². The van der Waals surface area contributed by atoms with Crippen LogP contribution < -0.4 is 5.73 Å². The molecular weight excluding hydrogens is 302 g/mol. The van der Waals surface area contributed by atoms with Crippen LogP contribution in [0.1, 0.15) is 110 Å². The average molecular weight is 342 g/mol. The first-order chi connectivity index (χ1) is 11.6. The van der Waals surface area contributed by atoms with Crippen LogP contribution in [0, 0.1) is 5.92 Å². The second-order valence-electron chi connectivity index (χ2n) is 7.07. The molecule has 0 bridgehead atoms. The summed E-state index contributed by atoms with van der Waals surface area (Å²) in [4.78, 5) is 20.3. The van der Waals surface area contributed by atoms with E-state index in [2.05, 4.69) is 6.92 Å². The molecule has 24 heavy (non-hydrogen) atoms. The van der Waals surface area contributed by atoms with Crippen LogP contribution in [0.25, 0.3) is 0 Å². The van der Waals surface area contributed by atoms with Crippen LogP contribution in [-0.2, 0) is 9.59 Å². The fourth-order valence-electron chi connectivity index (χ4n) is 2.65. The molecule has 1 amide bonds. The minimum atomic E-state index is -0.630. The van der Waals surface area contributed by atoms with Crippen molar-refractivity contribution in [2.45, 2.75) is 110 Å². The number of amides is 1. The molecule has 0 unspecified atom stereocenters. The number of carboxylic acid groups (broad SMARTS) is 1. The van der Waals surface area contributed by atoms with E-state index in [1.807, 2.05) is 0 Å². The van der Waals surface area contributed by atoms with E-state index in [0.29, 0.717) is 6.42 Å². The van der Waals surface area contributed by atoms with Crippen LogP contribution >= 0.6 is 0 Å². The van der Waals surface area contributed by atoms with E-state index in [4.69, 9.17) is 10.8 Å². The largest absolute Gasteiger partial charge is 0.481 e. The van der Waals surface area contributed by atoms with Crippen LogP contribution in [0.15, 0.2) is 0 Å². The summed E-state index contributed by atoms with van der Waals surface area (Å²) in [6, 6.07) is 0. The number of carbonyl (C=O) groups is 2. The van der Waals surface area contributed by atoms with Crippen LogP contribution in [-0.4, -0.2) is 17.0 Å². The van der Waals surface area contributed by atoms with Gasteiger partial charge in [-0.25, -0.2) is 0 Å². The standard InChI is InChI=1S/C16H33NO.C4H6O2/c1-2-3-4-5-6-7-8-9-10-11-12-13-14-15-16(17)18;5-4(6)3-1-2-3/h2-15H2,1H3,(H2,17,18);3H,1-2H2,(H,5,6). The van der Waals surface area contributed by atoms with Crippen molar-refractivity contribution in [1.82, 2.24) is 0 Å². The molecule has 0 atom stereocenters. The zero-order chi connectivity index (χ0) is 18.0. The number of carbonyl (C=O) groups excluding carboxylic acids is 1. The number of hydrogen-bond donors (Lipinski definition) is 2. The molecular formula is C20H39NO3. The predicted octanol–water partition coefficient (Wildman–Crippen LogP) is 5.43. The van der Waals surface area contributed by atoms with Gasteiger partial charge in [0.25, 0.3) is 0 Å². The van der Waals surface area contributed by atoms with Gasteiger partial charge >= 0.3 is 5.97 Å². The van der Waals surface area contributed by atoms with Crippen LogP contribution in [0.4, 0.5) is 0 Å². The van der Waals surface area contributed by atoms with Crippen molar-refractivity contribution in [2.24, 2.45) is 11.7 Å². The Morgan fingerprint density at radius 1 is 0.792 bits per heavy atom. The maximum absolute atomic E-state index is 10.5. The van der Waals surface area contributed by atoms with Gasteiger partial charge in [0.15, 0.2) is 0 Å². The maximum atomic E-state index is 10.5. The summed E-state index contributed by atoms with van der Waals surface area (Å²) in [6.07, 6.45) is 19.7. The summed E-state index contributed by atoms with van der Waals surface area (Å²) in [5, 5.41) is 8.05. The molecule has 1 rings (SSSR count). The average Bonchev–Trinajstić information content (AvgIpc) is 3.37. The lowest BCUT2D eigenvalue weighted by Crippen LogP contribution is -2.09. The molecule has 0 aromatic heterocycles. The SMILES string of the molecule is CCCCCCCCCCCCCCCC(N)=O.O=C(O)C1CC1. The number of nitrogens with two attached hydrogens (primary N) is 1. The Morgan fingerprint density at radius 3 is 1.42 bits per heavy atom. The number of rotatable bonds is 15. The Kier molecular flexibility index (Phi) is 16.0. The van der Waals surface area contributed by atoms with Crippen molar-refractivity contribution in [3.63, 3.8) is 0 Å². The van der Waals surface area contributed by atoms with Gasteiger partial charge < -0.3 is 10.8 Å². The smallest absolute Gasteiger partial charge is 0.306 e. The number of unbranched alkanes of at least 4 members (excludes halogenated alkanes) is 12. The van der Waals surface area contributed by atoms with Gasteiger partial charge in [-0.2, -0.15) is 0 Å². The van der Waals surface area contributed by atoms with Crippen molar-refractivity contribution in [3.8, 4) is 0 Å². The predicted molar refractivity (Wildman–Crippen MR) is 99.9 cm³/mol. The van der Waals surface area contributed by atoms with Crippen LogP contribution in [0.5, 0.6) is 0 Å². The van der Waals surface area contributed by atoms with Gasteiger partial charge in [-0.1, -0.05) is 84.0 Å². The summed E-state index contributed by atoms with van der Waals surface area (Å²) >= 11 is 0. The third kappa shape index (κ3) is 19.0. The van der Waals surface area contributed by atoms with Gasteiger partial charge in [-0.15, -0.1) is 0 Å². The second-order valence-corrected chi connectivity index (χ2v) is 7.07. The fraction of sp³-hybridized carbons (Fsp3) is 0.900. The number of primary amides is 1. The number of carboxylic acids is 1. The van der Waals surface area contributed by atoms with Crippen molar-refractivity contribution >= 4 is 11.9 Å². The third-order valence-electron chi connectivity index (χ3n) is 4.45. The fourth-order valence-corrected chi connectivity index (χ4v) is 2.65. The van der Waals surface area contributed by atoms with Crippen molar-refractivity contribution in [3.05, 3.63) is 0 Å². The number of hydrogen-bond acceptors (Lipinski definition) is 2. The lowest BCUT2D eigenvalue weighted by molar-refractivity contribution is -0.138. The summed E-state index contributed by atoms with van der Waals surface area (Å²) in [6.45, 7) is 2.27. The molecule has 0 radical (unpaired) electrons. The maximum Gasteiger partial charge on any atom is 0.306 e. The van der Waals surface area contributed by atoms with Crippen LogP contribution in [0.2, 0.25) is 0 Å². The van der Waals surface area contributed by atoms with E-state index >= 15 is 0 Å². The van der Waals surface area contributed by atoms with Gasteiger partial charge in [-0.05, 0) is 19.3 Å². The first kappa shape index (κ1) is 22.9. The summed E-state index contributed by atoms with van der Waals surface area (Å²) in [5.41, 5.74) is 5.09. The highest BCUT2D eigenvalue weighted by molar-refractivity contribution is 5.73. The Morgan fingerprint density at radius 2 is 1.17 bits per heavy atom. The zero-order valence-electron chi connectivity index (χ0n) is 15.7. The molecule has 0 aromatic carbocycles. The highest BCUT2D eigenvalue weighted by Gasteiger charge is 2.28. The first-order valence-corrected chi connectivity index (χ1v) is 10.1. The Hall–Kier alpha value is -1.06. The molecule has 1 fully saturated rings. The molecule has 1 saturated carbocycles. The summed E-state index contributed by atoms with van der Waals surface area (Å²) < 4.78 is 0. The van der Waals surface area contributed by atoms with Crippen molar-refractivity contribution < 1.29 is 14.7 Å². The minimum Gasteiger partial charge on any atom is -0.481 e. The van der Waals surface area contributed by atoms with E-state index < -0.39 is 5.97 Å². The normalized spacial score (nSPS) is 13.2. The third-order valence-corrected chi connectivity index (χ3v) is 4.45. The molecule has 0 aromatic rings. The quantitative estimate of drug-likeness (QED) is 0.389. The molecule has 142 valence electrons. The molecule has 0 aliphatic heterocycles. The van der Waals surface area contributed by atoms with Gasteiger partial charge in [0, 0.05) is 6.42 Å². The Labute approximate surface area is 148 Å². The van der Waals surface area contributed by atoms with Crippen molar-refractivity contribution in [1.29, 1.82) is 0 Å². The molecule has 0 saturated heterocycles. The highest BCUT2D eigenvalue weighted by atomic mass is 16.4. The summed E-state index contributed by atoms with van der Waals surface area (Å²) in [5.74, 6) is -0.766. The van der Waals surface area contributed by atoms with E-state index in [9.17, 15) is 9.59 Å². The highest BCUT2D eigenvalue weighted by Crippen LogP contribution is 2.28. The van der Waals surface area contributed by atoms with E-state index in [1.165, 1.54) is 77.0 Å². The van der Waals surface area contributed by atoms with Crippen molar-refractivity contribution in [2.75, 3.05) is 0 Å². The molecule has 1 aliphatic carbocycles. The molecule has 4 nitrogen and oxygen atoms in total. The zero-order valence-corrected chi connectivity index (χ0v) is 15.7. The Bertz CT molecular complexity index is 314. The van der Waals surface area contributed by atoms with E-state index in [1.54, 1.807) is 0 Å². The van der Waals surface area contributed by atoms with E-state index in [0.717, 1.165) is 19.3 Å².